The molecule has 4 aliphatic carbocycles. The summed E-state index contributed by atoms with van der Waals surface area (Å²) in [6.07, 6.45) is 15.7. The number of carbonyl (C=O) groups is 1. The van der Waals surface area contributed by atoms with Crippen LogP contribution in [0.15, 0.2) is 11.6 Å². The van der Waals surface area contributed by atoms with E-state index in [2.05, 4.69) is 55.1 Å². The summed E-state index contributed by atoms with van der Waals surface area (Å²) in [4.78, 5) is 21.8. The molecule has 0 aromatic carbocycles. The molecule has 0 spiro atoms. The summed E-state index contributed by atoms with van der Waals surface area (Å²) in [5, 5.41) is 12.6. The molecule has 3 N–H and O–H groups in total. The first-order valence-electron chi connectivity index (χ1n) is 20.9. The van der Waals surface area contributed by atoms with Crippen molar-refractivity contribution in [1.82, 2.24) is 5.32 Å². The summed E-state index contributed by atoms with van der Waals surface area (Å²) < 4.78 is 47.8. The quantitative estimate of drug-likeness (QED) is 0.0474. The maximum Gasteiger partial charge on any atom is 0.472 e. The smallest absolute Gasteiger partial charge is 0.446 e. The highest BCUT2D eigenvalue weighted by molar-refractivity contribution is 7.47. The van der Waals surface area contributed by atoms with Gasteiger partial charge in [-0.3, -0.25) is 9.05 Å². The summed E-state index contributed by atoms with van der Waals surface area (Å²) >= 11 is 0. The van der Waals surface area contributed by atoms with Gasteiger partial charge >= 0.3 is 13.9 Å². The number of ether oxygens (including phenoxy) is 5. The molecule has 0 radical (unpaired) electrons. The Balaban J connectivity index is 1.02. The molecule has 0 aromatic rings. The van der Waals surface area contributed by atoms with Crippen LogP contribution >= 0.6 is 7.82 Å². The van der Waals surface area contributed by atoms with Crippen LogP contribution in [0.2, 0.25) is 0 Å². The number of rotatable bonds is 25. The Kier molecular flexibility index (Phi) is 18.7. The fourth-order valence-electron chi connectivity index (χ4n) is 10.5. The molecule has 13 heteroatoms. The minimum Gasteiger partial charge on any atom is -0.446 e. The first-order chi connectivity index (χ1) is 25.8. The molecule has 1 amide bonds. The molecule has 4 rings (SSSR count). The van der Waals surface area contributed by atoms with Crippen LogP contribution < -0.4 is 5.32 Å². The monoisotopic (exact) mass is 787 g/mol. The van der Waals surface area contributed by atoms with Gasteiger partial charge in [0, 0.05) is 26.7 Å². The van der Waals surface area contributed by atoms with Crippen molar-refractivity contribution in [1.29, 1.82) is 0 Å². The van der Waals surface area contributed by atoms with Gasteiger partial charge in [0.25, 0.3) is 0 Å². The third-order valence-electron chi connectivity index (χ3n) is 13.4. The van der Waals surface area contributed by atoms with Crippen molar-refractivity contribution in [3.63, 3.8) is 0 Å². The van der Waals surface area contributed by atoms with Gasteiger partial charge in [0.05, 0.1) is 52.9 Å². The van der Waals surface area contributed by atoms with E-state index in [9.17, 15) is 14.5 Å². The lowest BCUT2D eigenvalue weighted by Crippen LogP contribution is -2.51. The van der Waals surface area contributed by atoms with E-state index >= 15 is 0 Å². The van der Waals surface area contributed by atoms with Crippen molar-refractivity contribution < 1.29 is 52.1 Å². The molecule has 3 saturated carbocycles. The first kappa shape index (κ1) is 45.6. The van der Waals surface area contributed by atoms with Crippen molar-refractivity contribution in [3.8, 4) is 0 Å². The van der Waals surface area contributed by atoms with E-state index in [1.165, 1.54) is 51.4 Å². The van der Waals surface area contributed by atoms with Gasteiger partial charge < -0.3 is 39.0 Å². The number of phosphoric ester groups is 1. The number of hydrogen-bond acceptors (Lipinski definition) is 10. The van der Waals surface area contributed by atoms with Crippen molar-refractivity contribution in [2.45, 2.75) is 124 Å². The van der Waals surface area contributed by atoms with E-state index in [4.69, 9.17) is 28.6 Å². The molecule has 4 aliphatic rings. The predicted molar refractivity (Wildman–Crippen MR) is 208 cm³/mol. The van der Waals surface area contributed by atoms with Crippen molar-refractivity contribution in [2.24, 2.45) is 46.3 Å². The van der Waals surface area contributed by atoms with Gasteiger partial charge in [-0.25, -0.2) is 9.36 Å². The van der Waals surface area contributed by atoms with Crippen LogP contribution in [0.4, 0.5) is 4.79 Å². The first-order valence-corrected chi connectivity index (χ1v) is 22.4. The number of allylic oxidation sites excluding steroid dienone is 1. The molecule has 314 valence electrons. The highest BCUT2D eigenvalue weighted by Gasteiger charge is 2.59. The molecule has 0 aromatic heterocycles. The number of phosphoric acid groups is 1. The normalized spacial score (nSPS) is 31.5. The summed E-state index contributed by atoms with van der Waals surface area (Å²) in [5.41, 5.74) is 2.29. The molecule has 12 nitrogen and oxygen atoms in total. The number of aliphatic hydroxyl groups is 1. The Morgan fingerprint density at radius 2 is 1.57 bits per heavy atom. The maximum atomic E-state index is 12.7. The molecular weight excluding hydrogens is 713 g/mol. The minimum atomic E-state index is -4.11. The Bertz CT molecular complexity index is 1200. The number of carbonyl (C=O) groups excluding carboxylic acids is 1. The predicted octanol–water partition coefficient (Wildman–Crippen LogP) is 7.70. The van der Waals surface area contributed by atoms with Crippen molar-refractivity contribution in [2.75, 3.05) is 73.1 Å². The van der Waals surface area contributed by atoms with Crippen LogP contribution in [-0.2, 0) is 37.3 Å². The number of amides is 1. The number of hydrogen-bond donors (Lipinski definition) is 3. The lowest BCUT2D eigenvalue weighted by atomic mass is 9.47. The summed E-state index contributed by atoms with van der Waals surface area (Å²) in [5.74, 6) is 4.95. The summed E-state index contributed by atoms with van der Waals surface area (Å²) in [6, 6.07) is 0. The SMILES string of the molecule is COP(=O)(O)OCC(O)COCCOCCOCCOCCCNC(=O)O[C@@H]1CC[C@]2(C)C(=CCC3C2CC[C@]2(C)C3CC[C@H]2[C@@H](C)CCCC(C)C)C1. The van der Waals surface area contributed by atoms with Gasteiger partial charge in [-0.1, -0.05) is 65.5 Å². The van der Waals surface area contributed by atoms with E-state index in [1.807, 2.05) is 0 Å². The van der Waals surface area contributed by atoms with E-state index in [0.29, 0.717) is 58.0 Å². The second kappa shape index (κ2) is 22.2. The molecule has 3 fully saturated rings. The van der Waals surface area contributed by atoms with Crippen molar-refractivity contribution in [3.05, 3.63) is 11.6 Å². The second-order valence-electron chi connectivity index (χ2n) is 17.4. The lowest BCUT2D eigenvalue weighted by Gasteiger charge is -2.58. The van der Waals surface area contributed by atoms with E-state index < -0.39 is 13.9 Å². The number of fused-ring (bicyclic) bond motifs is 5. The van der Waals surface area contributed by atoms with Gasteiger partial charge in [-0.15, -0.1) is 0 Å². The number of aliphatic hydroxyl groups excluding tert-OH is 1. The molecule has 0 bridgehead atoms. The molecule has 54 heavy (non-hydrogen) atoms. The van der Waals surface area contributed by atoms with Crippen LogP contribution in [0, 0.1) is 46.3 Å². The van der Waals surface area contributed by atoms with Crippen LogP contribution in [0.25, 0.3) is 0 Å². The zero-order valence-corrected chi connectivity index (χ0v) is 35.2. The molecular formula is C41H74NO11P. The van der Waals surface area contributed by atoms with Gasteiger partial charge in [0.15, 0.2) is 0 Å². The summed E-state index contributed by atoms with van der Waals surface area (Å²) in [6.45, 7) is 15.3. The Morgan fingerprint density at radius 1 is 0.889 bits per heavy atom. The molecule has 10 atom stereocenters. The zero-order chi connectivity index (χ0) is 39.2. The van der Waals surface area contributed by atoms with Gasteiger partial charge in [0.2, 0.25) is 0 Å². The average molecular weight is 788 g/mol. The fourth-order valence-corrected chi connectivity index (χ4v) is 10.9. The Morgan fingerprint density at radius 3 is 2.26 bits per heavy atom. The van der Waals surface area contributed by atoms with Crippen LogP contribution in [0.1, 0.15) is 112 Å². The maximum absolute atomic E-state index is 12.7. The molecule has 0 saturated heterocycles. The van der Waals surface area contributed by atoms with Gasteiger partial charge in [-0.2, -0.15) is 0 Å². The third-order valence-corrected chi connectivity index (χ3v) is 14.3. The van der Waals surface area contributed by atoms with Gasteiger partial charge in [0.1, 0.15) is 12.2 Å². The van der Waals surface area contributed by atoms with Crippen LogP contribution in [-0.4, -0.2) is 101 Å². The van der Waals surface area contributed by atoms with E-state index in [0.717, 1.165) is 61.9 Å². The van der Waals surface area contributed by atoms with E-state index in [-0.39, 0.29) is 37.4 Å². The Labute approximate surface area is 325 Å². The zero-order valence-electron chi connectivity index (χ0n) is 34.3. The largest absolute Gasteiger partial charge is 0.472 e. The fraction of sp³-hybridized carbons (Fsp3) is 0.927. The minimum absolute atomic E-state index is 0.0492. The average Bonchev–Trinajstić information content (AvgIpc) is 3.49. The second-order valence-corrected chi connectivity index (χ2v) is 18.9. The van der Waals surface area contributed by atoms with Crippen molar-refractivity contribution >= 4 is 13.9 Å². The summed E-state index contributed by atoms with van der Waals surface area (Å²) in [7, 11) is -3.06. The van der Waals surface area contributed by atoms with E-state index in [1.54, 1.807) is 5.57 Å². The lowest BCUT2D eigenvalue weighted by molar-refractivity contribution is -0.0581. The number of alkyl carbamates (subject to hydrolysis) is 1. The standard InChI is InChI=1S/C41H74NO11P/c1-30(2)9-7-10-31(3)36-13-14-37-35-12-11-32-27-34(15-17-40(32,4)38(35)16-18-41(36,37)5)53-39(44)42-19-8-20-48-21-22-49-23-24-50-25-26-51-28-33(43)29-52-54(45,46)47-6/h11,30-31,33-38,43H,7-10,12-29H2,1-6H3,(H,42,44)(H,45,46)/t31-,33?,34+,35?,36-,37?,38?,40+,41-/m0/s1. The number of nitrogens with one attached hydrogen (secondary N) is 1. The highest BCUT2D eigenvalue weighted by Crippen LogP contribution is 2.67. The topological polar surface area (TPSA) is 151 Å². The molecule has 5 unspecified atom stereocenters. The third kappa shape index (κ3) is 13.2. The highest BCUT2D eigenvalue weighted by atomic mass is 31.2. The molecule has 0 aliphatic heterocycles. The molecule has 0 heterocycles. The van der Waals surface area contributed by atoms with Crippen LogP contribution in [0.5, 0.6) is 0 Å². The van der Waals surface area contributed by atoms with Crippen LogP contribution in [0.3, 0.4) is 0 Å². The van der Waals surface area contributed by atoms with Gasteiger partial charge in [-0.05, 0) is 97.7 Å². The Hall–Kier alpha value is -1.08.